The lowest BCUT2D eigenvalue weighted by molar-refractivity contribution is -0.118. The van der Waals surface area contributed by atoms with E-state index in [1.165, 1.54) is 6.20 Å². The van der Waals surface area contributed by atoms with Crippen LogP contribution < -0.4 is 15.5 Å². The Morgan fingerprint density at radius 1 is 1.44 bits per heavy atom. The van der Waals surface area contributed by atoms with Crippen molar-refractivity contribution >= 4 is 17.7 Å². The highest BCUT2D eigenvalue weighted by Gasteiger charge is 2.27. The van der Waals surface area contributed by atoms with E-state index in [0.29, 0.717) is 12.5 Å². The Bertz CT molecular complexity index is 761. The molecule has 1 unspecified atom stereocenters. The number of imidazole rings is 1. The number of halogens is 1. The zero-order chi connectivity index (χ0) is 18.0. The van der Waals surface area contributed by atoms with Crippen LogP contribution in [0.3, 0.4) is 0 Å². The summed E-state index contributed by atoms with van der Waals surface area (Å²) >= 11 is 0. The molecule has 0 aliphatic carbocycles. The van der Waals surface area contributed by atoms with Crippen LogP contribution in [0.15, 0.2) is 18.6 Å². The zero-order valence-corrected chi connectivity index (χ0v) is 14.4. The smallest absolute Gasteiger partial charge is 0.237 e. The molecule has 0 spiro atoms. The van der Waals surface area contributed by atoms with Crippen molar-refractivity contribution in [3.8, 4) is 0 Å². The number of primary amides is 1. The fraction of sp³-hybridized carbons (Fsp3) is 0.500. The summed E-state index contributed by atoms with van der Waals surface area (Å²) in [6.07, 6.45) is 6.53. The summed E-state index contributed by atoms with van der Waals surface area (Å²) in [6, 6.07) is 0. The fourth-order valence-electron chi connectivity index (χ4n) is 3.17. The third-order valence-electron chi connectivity index (χ3n) is 4.28. The molecule has 0 aromatic carbocycles. The van der Waals surface area contributed by atoms with Gasteiger partial charge in [0.2, 0.25) is 11.9 Å². The summed E-state index contributed by atoms with van der Waals surface area (Å²) in [7, 11) is 3.49. The lowest BCUT2D eigenvalue weighted by Gasteiger charge is -2.33. The van der Waals surface area contributed by atoms with Gasteiger partial charge in [0.05, 0.1) is 6.20 Å². The highest BCUT2D eigenvalue weighted by atomic mass is 19.1. The van der Waals surface area contributed by atoms with Crippen molar-refractivity contribution < 1.29 is 9.18 Å². The van der Waals surface area contributed by atoms with Crippen molar-refractivity contribution in [2.75, 3.05) is 37.0 Å². The summed E-state index contributed by atoms with van der Waals surface area (Å²) in [6.45, 7) is 1.57. The summed E-state index contributed by atoms with van der Waals surface area (Å²) in [5.74, 6) is 0.895. The molecule has 25 heavy (non-hydrogen) atoms. The van der Waals surface area contributed by atoms with Crippen LogP contribution in [0.4, 0.5) is 16.2 Å². The van der Waals surface area contributed by atoms with Crippen LogP contribution in [0.1, 0.15) is 24.6 Å². The molecule has 2 N–H and O–H groups in total. The van der Waals surface area contributed by atoms with Gasteiger partial charge in [-0.15, -0.1) is 0 Å². The number of carbonyl (C=O) groups is 1. The zero-order valence-electron chi connectivity index (χ0n) is 14.4. The third kappa shape index (κ3) is 3.70. The fourth-order valence-corrected chi connectivity index (χ4v) is 3.17. The standard InChI is InChI=1S/C16H22FN7O/c1-22(2)15-12(17)8-20-16(21-15)24-6-3-4-11(9-24)14-19-5-7-23(14)10-13(18)25/h5,7-8,11H,3-4,6,9-10H2,1-2H3,(H2,18,25). The van der Waals surface area contributed by atoms with Gasteiger partial charge in [-0.25, -0.2) is 14.4 Å². The van der Waals surface area contributed by atoms with Gasteiger partial charge in [0, 0.05) is 45.5 Å². The second kappa shape index (κ2) is 7.04. The Balaban J connectivity index is 1.81. The Kier molecular flexibility index (Phi) is 4.82. The molecule has 0 saturated carbocycles. The van der Waals surface area contributed by atoms with E-state index in [-0.39, 0.29) is 18.3 Å². The number of amides is 1. The van der Waals surface area contributed by atoms with Crippen LogP contribution in [0.25, 0.3) is 0 Å². The van der Waals surface area contributed by atoms with E-state index in [4.69, 9.17) is 5.73 Å². The predicted molar refractivity (Wildman–Crippen MR) is 91.9 cm³/mol. The molecule has 8 nitrogen and oxygen atoms in total. The molecule has 134 valence electrons. The summed E-state index contributed by atoms with van der Waals surface area (Å²) in [4.78, 5) is 27.8. The molecule has 1 amide bonds. The molecule has 1 atom stereocenters. The topological polar surface area (TPSA) is 93.2 Å². The van der Waals surface area contributed by atoms with Crippen LogP contribution >= 0.6 is 0 Å². The van der Waals surface area contributed by atoms with Gasteiger partial charge in [-0.2, -0.15) is 4.98 Å². The first-order valence-electron chi connectivity index (χ1n) is 8.20. The molecule has 1 aliphatic rings. The van der Waals surface area contributed by atoms with Crippen LogP contribution in [-0.2, 0) is 11.3 Å². The number of rotatable bonds is 5. The molecule has 3 heterocycles. The van der Waals surface area contributed by atoms with E-state index < -0.39 is 11.7 Å². The van der Waals surface area contributed by atoms with Crippen LogP contribution in [0, 0.1) is 5.82 Å². The summed E-state index contributed by atoms with van der Waals surface area (Å²) < 4.78 is 15.6. The van der Waals surface area contributed by atoms with Gasteiger partial charge in [0.15, 0.2) is 11.6 Å². The first-order chi connectivity index (χ1) is 12.0. The van der Waals surface area contributed by atoms with Gasteiger partial charge >= 0.3 is 0 Å². The monoisotopic (exact) mass is 347 g/mol. The van der Waals surface area contributed by atoms with Gasteiger partial charge in [-0.3, -0.25) is 4.79 Å². The maximum absolute atomic E-state index is 13.8. The van der Waals surface area contributed by atoms with E-state index in [9.17, 15) is 9.18 Å². The number of carbonyl (C=O) groups excluding carboxylic acids is 1. The number of hydrogen-bond acceptors (Lipinski definition) is 6. The SMILES string of the molecule is CN(C)c1nc(N2CCCC(c3nccn3CC(N)=O)C2)ncc1F. The number of aromatic nitrogens is 4. The van der Waals surface area contributed by atoms with Crippen molar-refractivity contribution in [3.63, 3.8) is 0 Å². The van der Waals surface area contributed by atoms with Crippen LogP contribution in [0.2, 0.25) is 0 Å². The summed E-state index contributed by atoms with van der Waals surface area (Å²) in [5.41, 5.74) is 5.30. The third-order valence-corrected chi connectivity index (χ3v) is 4.28. The Labute approximate surface area is 145 Å². The number of piperidine rings is 1. The van der Waals surface area contributed by atoms with E-state index in [1.54, 1.807) is 36.0 Å². The quantitative estimate of drug-likeness (QED) is 0.858. The Morgan fingerprint density at radius 3 is 2.96 bits per heavy atom. The van der Waals surface area contributed by atoms with Crippen molar-refractivity contribution in [1.29, 1.82) is 0 Å². The first-order valence-corrected chi connectivity index (χ1v) is 8.20. The van der Waals surface area contributed by atoms with Gasteiger partial charge in [0.1, 0.15) is 12.4 Å². The highest BCUT2D eigenvalue weighted by Crippen LogP contribution is 2.28. The Morgan fingerprint density at radius 2 is 2.24 bits per heavy atom. The molecule has 1 fully saturated rings. The largest absolute Gasteiger partial charge is 0.368 e. The maximum atomic E-state index is 13.8. The van der Waals surface area contributed by atoms with E-state index >= 15 is 0 Å². The molecule has 1 saturated heterocycles. The lowest BCUT2D eigenvalue weighted by Crippen LogP contribution is -2.37. The molecular weight excluding hydrogens is 325 g/mol. The minimum atomic E-state index is -0.445. The number of anilines is 2. The van der Waals surface area contributed by atoms with E-state index in [0.717, 1.165) is 25.2 Å². The minimum Gasteiger partial charge on any atom is -0.368 e. The molecule has 1 aliphatic heterocycles. The van der Waals surface area contributed by atoms with Crippen LogP contribution in [0.5, 0.6) is 0 Å². The van der Waals surface area contributed by atoms with Crippen molar-refractivity contribution in [3.05, 3.63) is 30.2 Å². The molecular formula is C16H22FN7O. The number of nitrogens with two attached hydrogens (primary N) is 1. The van der Waals surface area contributed by atoms with E-state index in [1.807, 2.05) is 4.90 Å². The van der Waals surface area contributed by atoms with Gasteiger partial charge in [-0.1, -0.05) is 0 Å². The Hall–Kier alpha value is -2.71. The second-order valence-corrected chi connectivity index (χ2v) is 6.40. The van der Waals surface area contributed by atoms with E-state index in [2.05, 4.69) is 15.0 Å². The average Bonchev–Trinajstić information content (AvgIpc) is 3.02. The minimum absolute atomic E-state index is 0.115. The number of hydrogen-bond donors (Lipinski definition) is 1. The van der Waals surface area contributed by atoms with Gasteiger partial charge in [-0.05, 0) is 12.8 Å². The summed E-state index contributed by atoms with van der Waals surface area (Å²) in [5, 5.41) is 0. The van der Waals surface area contributed by atoms with Crippen molar-refractivity contribution in [1.82, 2.24) is 19.5 Å². The number of nitrogens with zero attached hydrogens (tertiary/aromatic N) is 6. The van der Waals surface area contributed by atoms with Crippen molar-refractivity contribution in [2.24, 2.45) is 5.73 Å². The normalized spacial score (nSPS) is 17.6. The molecule has 0 bridgehead atoms. The van der Waals surface area contributed by atoms with Crippen LogP contribution in [-0.4, -0.2) is 52.6 Å². The molecule has 2 aromatic heterocycles. The van der Waals surface area contributed by atoms with Gasteiger partial charge < -0.3 is 20.1 Å². The maximum Gasteiger partial charge on any atom is 0.237 e. The van der Waals surface area contributed by atoms with Crippen molar-refractivity contribution in [2.45, 2.75) is 25.3 Å². The molecule has 0 radical (unpaired) electrons. The molecule has 3 rings (SSSR count). The van der Waals surface area contributed by atoms with Gasteiger partial charge in [0.25, 0.3) is 0 Å². The highest BCUT2D eigenvalue weighted by molar-refractivity contribution is 5.73. The second-order valence-electron chi connectivity index (χ2n) is 6.40. The average molecular weight is 347 g/mol. The molecule has 2 aromatic rings. The first kappa shape index (κ1) is 17.1. The lowest BCUT2D eigenvalue weighted by atomic mass is 9.97. The molecule has 9 heteroatoms. The predicted octanol–water partition coefficient (Wildman–Crippen LogP) is 0.747.